The summed E-state index contributed by atoms with van der Waals surface area (Å²) in [6.45, 7) is 2.33. The lowest BCUT2D eigenvalue weighted by Gasteiger charge is -2.12. The first-order valence-corrected chi connectivity index (χ1v) is 7.61. The van der Waals surface area contributed by atoms with Gasteiger partial charge < -0.3 is 0 Å². The van der Waals surface area contributed by atoms with Gasteiger partial charge in [0.2, 0.25) is 0 Å². The summed E-state index contributed by atoms with van der Waals surface area (Å²) in [5.74, 6) is 4.27. The Hall–Kier alpha value is 0.350. The Morgan fingerprint density at radius 3 is 2.43 bits per heavy atom. The van der Waals surface area contributed by atoms with Crippen molar-refractivity contribution in [3.63, 3.8) is 0 Å². The van der Waals surface area contributed by atoms with E-state index in [9.17, 15) is 0 Å². The molecule has 1 aliphatic carbocycles. The van der Waals surface area contributed by atoms with Crippen molar-refractivity contribution in [2.45, 2.75) is 58.3 Å². The van der Waals surface area contributed by atoms with E-state index in [1.165, 1.54) is 57.1 Å². The Morgan fingerprint density at radius 2 is 1.86 bits per heavy atom. The zero-order valence-corrected chi connectivity index (χ0v) is 10.7. The first-order valence-electron chi connectivity index (χ1n) is 6.22. The Kier molecular flexibility index (Phi) is 6.76. The van der Waals surface area contributed by atoms with Crippen LogP contribution in [0.5, 0.6) is 0 Å². The molecule has 0 unspecified atom stereocenters. The van der Waals surface area contributed by atoms with Gasteiger partial charge in [-0.05, 0) is 55.9 Å². The van der Waals surface area contributed by atoms with Gasteiger partial charge in [0.15, 0.2) is 0 Å². The minimum Gasteiger partial charge on any atom is -0.165 e. The third-order valence-corrected chi connectivity index (χ3v) is 3.90. The van der Waals surface area contributed by atoms with Gasteiger partial charge in [0.1, 0.15) is 0 Å². The van der Waals surface area contributed by atoms with Crippen molar-refractivity contribution in [1.29, 1.82) is 0 Å². The van der Waals surface area contributed by atoms with Crippen molar-refractivity contribution < 1.29 is 0 Å². The second-order valence-corrected chi connectivity index (χ2v) is 5.43. The van der Waals surface area contributed by atoms with Crippen LogP contribution in [0.25, 0.3) is 0 Å². The molecule has 0 aromatic carbocycles. The van der Waals surface area contributed by atoms with Gasteiger partial charge in [0.25, 0.3) is 0 Å². The quantitative estimate of drug-likeness (QED) is 0.501. The van der Waals surface area contributed by atoms with Crippen LogP contribution < -0.4 is 0 Å². The predicted molar refractivity (Wildman–Crippen MR) is 67.7 cm³/mol. The van der Waals surface area contributed by atoms with E-state index in [4.69, 9.17) is 0 Å². The van der Waals surface area contributed by atoms with Crippen LogP contribution in [0, 0.1) is 11.8 Å². The van der Waals surface area contributed by atoms with E-state index >= 15 is 0 Å². The molecule has 1 aliphatic rings. The van der Waals surface area contributed by atoms with E-state index in [0.29, 0.717) is 0 Å². The van der Waals surface area contributed by atoms with Gasteiger partial charge >= 0.3 is 0 Å². The summed E-state index contributed by atoms with van der Waals surface area (Å²) in [6.07, 6.45) is 13.7. The molecule has 1 rings (SSSR count). The molecule has 0 heterocycles. The zero-order chi connectivity index (χ0) is 10.2. The van der Waals surface area contributed by atoms with E-state index in [2.05, 4.69) is 13.2 Å². The molecule has 0 bridgehead atoms. The second-order valence-electron chi connectivity index (χ2n) is 4.44. The SMILES string of the molecule is CC[C](CCCCCCSC)C1CC1. The lowest BCUT2D eigenvalue weighted by atomic mass is 9.94. The monoisotopic (exact) mass is 213 g/mol. The fourth-order valence-electron chi connectivity index (χ4n) is 2.11. The summed E-state index contributed by atoms with van der Waals surface area (Å²) in [6, 6.07) is 0. The molecule has 1 fully saturated rings. The van der Waals surface area contributed by atoms with Crippen LogP contribution in [0.2, 0.25) is 0 Å². The molecule has 0 aromatic heterocycles. The number of unbranched alkanes of at least 4 members (excludes halogenated alkanes) is 3. The van der Waals surface area contributed by atoms with E-state index in [1.807, 2.05) is 17.7 Å². The normalized spacial score (nSPS) is 16.5. The third kappa shape index (κ3) is 5.29. The van der Waals surface area contributed by atoms with Gasteiger partial charge in [-0.3, -0.25) is 0 Å². The van der Waals surface area contributed by atoms with Crippen LogP contribution in [-0.4, -0.2) is 12.0 Å². The Bertz CT molecular complexity index is 129. The number of hydrogen-bond donors (Lipinski definition) is 0. The summed E-state index contributed by atoms with van der Waals surface area (Å²) in [7, 11) is 0. The standard InChI is InChI=1S/C13H25S/c1-3-12(13-9-10-13)8-6-4-5-7-11-14-2/h13H,3-11H2,1-2H3. The molecule has 0 nitrogen and oxygen atoms in total. The molecule has 83 valence electrons. The van der Waals surface area contributed by atoms with Crippen molar-refractivity contribution in [3.05, 3.63) is 5.92 Å². The Balaban J connectivity index is 1.86. The van der Waals surface area contributed by atoms with Gasteiger partial charge in [-0.25, -0.2) is 0 Å². The molecule has 1 radical (unpaired) electrons. The van der Waals surface area contributed by atoms with Crippen LogP contribution in [-0.2, 0) is 0 Å². The van der Waals surface area contributed by atoms with Crippen LogP contribution in [0.3, 0.4) is 0 Å². The molecule has 0 saturated heterocycles. The molecule has 1 saturated carbocycles. The molecule has 0 spiro atoms. The minimum absolute atomic E-state index is 1.05. The maximum absolute atomic E-state index is 2.33. The average Bonchev–Trinajstić information content (AvgIpc) is 3.01. The highest BCUT2D eigenvalue weighted by molar-refractivity contribution is 7.98. The van der Waals surface area contributed by atoms with E-state index in [1.54, 1.807) is 0 Å². The summed E-state index contributed by atoms with van der Waals surface area (Å²) in [5.41, 5.74) is 0. The first-order chi connectivity index (χ1) is 6.88. The number of thioether (sulfide) groups is 1. The van der Waals surface area contributed by atoms with Crippen molar-refractivity contribution in [3.8, 4) is 0 Å². The molecule has 1 heteroatoms. The van der Waals surface area contributed by atoms with Gasteiger partial charge in [-0.2, -0.15) is 11.8 Å². The van der Waals surface area contributed by atoms with Crippen LogP contribution in [0.4, 0.5) is 0 Å². The fraction of sp³-hybridized carbons (Fsp3) is 0.923. The fourth-order valence-corrected chi connectivity index (χ4v) is 2.61. The number of rotatable bonds is 9. The topological polar surface area (TPSA) is 0 Å². The molecule has 0 amide bonds. The molecule has 0 aromatic rings. The van der Waals surface area contributed by atoms with Gasteiger partial charge in [0.05, 0.1) is 0 Å². The van der Waals surface area contributed by atoms with E-state index in [-0.39, 0.29) is 0 Å². The molecular weight excluding hydrogens is 188 g/mol. The van der Waals surface area contributed by atoms with Crippen molar-refractivity contribution >= 4 is 11.8 Å². The van der Waals surface area contributed by atoms with Crippen LogP contribution in [0.1, 0.15) is 58.3 Å². The van der Waals surface area contributed by atoms with Crippen molar-refractivity contribution in [2.75, 3.05) is 12.0 Å². The summed E-state index contributed by atoms with van der Waals surface area (Å²) in [4.78, 5) is 0. The van der Waals surface area contributed by atoms with Crippen molar-refractivity contribution in [1.82, 2.24) is 0 Å². The van der Waals surface area contributed by atoms with Crippen LogP contribution >= 0.6 is 11.8 Å². The Morgan fingerprint density at radius 1 is 1.14 bits per heavy atom. The molecular formula is C13H25S. The highest BCUT2D eigenvalue weighted by Crippen LogP contribution is 2.42. The largest absolute Gasteiger partial charge is 0.165 e. The van der Waals surface area contributed by atoms with Crippen molar-refractivity contribution in [2.24, 2.45) is 5.92 Å². The predicted octanol–water partition coefficient (Wildman–Crippen LogP) is 4.69. The van der Waals surface area contributed by atoms with Crippen LogP contribution in [0.15, 0.2) is 0 Å². The van der Waals surface area contributed by atoms with Gasteiger partial charge in [0, 0.05) is 0 Å². The highest BCUT2D eigenvalue weighted by Gasteiger charge is 2.29. The number of hydrogen-bond acceptors (Lipinski definition) is 1. The highest BCUT2D eigenvalue weighted by atomic mass is 32.2. The van der Waals surface area contributed by atoms with E-state index < -0.39 is 0 Å². The zero-order valence-electron chi connectivity index (χ0n) is 9.85. The minimum atomic E-state index is 1.05. The molecule has 14 heavy (non-hydrogen) atoms. The smallest absolute Gasteiger partial charge is 0.00703 e. The molecule has 0 N–H and O–H groups in total. The van der Waals surface area contributed by atoms with Gasteiger partial charge in [-0.1, -0.05) is 26.2 Å². The Labute approximate surface area is 94.2 Å². The average molecular weight is 213 g/mol. The summed E-state index contributed by atoms with van der Waals surface area (Å²) >= 11 is 1.98. The lowest BCUT2D eigenvalue weighted by Crippen LogP contribution is -1.98. The maximum atomic E-state index is 2.33. The maximum Gasteiger partial charge on any atom is -0.00703 e. The first kappa shape index (κ1) is 12.4. The summed E-state index contributed by atoms with van der Waals surface area (Å²) in [5, 5.41) is 0. The van der Waals surface area contributed by atoms with E-state index in [0.717, 1.165) is 5.92 Å². The third-order valence-electron chi connectivity index (χ3n) is 3.21. The van der Waals surface area contributed by atoms with Gasteiger partial charge in [-0.15, -0.1) is 0 Å². The lowest BCUT2D eigenvalue weighted by molar-refractivity contribution is 0.586. The summed E-state index contributed by atoms with van der Waals surface area (Å²) < 4.78 is 0. The molecule has 0 atom stereocenters. The second kappa shape index (κ2) is 7.62. The molecule has 0 aliphatic heterocycles.